The van der Waals surface area contributed by atoms with E-state index in [-0.39, 0.29) is 23.7 Å². The highest BCUT2D eigenvalue weighted by atomic mass is 19.1. The third-order valence-corrected chi connectivity index (χ3v) is 6.04. The Morgan fingerprint density at radius 1 is 1.11 bits per heavy atom. The van der Waals surface area contributed by atoms with E-state index in [1.54, 1.807) is 0 Å². The lowest BCUT2D eigenvalue weighted by Gasteiger charge is -2.42. The topological polar surface area (TPSA) is 43.9 Å². The van der Waals surface area contributed by atoms with Crippen LogP contribution >= 0.6 is 0 Å². The van der Waals surface area contributed by atoms with Gasteiger partial charge in [-0.1, -0.05) is 12.8 Å². The van der Waals surface area contributed by atoms with Crippen LogP contribution < -0.4 is 0 Å². The molecule has 0 bridgehead atoms. The van der Waals surface area contributed by atoms with Crippen molar-refractivity contribution in [2.45, 2.75) is 38.6 Å². The first-order valence-corrected chi connectivity index (χ1v) is 10.0. The van der Waals surface area contributed by atoms with Crippen LogP contribution in [0.25, 0.3) is 0 Å². The molecule has 1 unspecified atom stereocenters. The number of nitrogens with zero attached hydrogens (tertiary/aromatic N) is 3. The monoisotopic (exact) mass is 375 g/mol. The predicted molar refractivity (Wildman–Crippen MR) is 103 cm³/mol. The summed E-state index contributed by atoms with van der Waals surface area (Å²) < 4.78 is 13.1. The zero-order valence-corrected chi connectivity index (χ0v) is 16.4. The Balaban J connectivity index is 1.65. The molecule has 148 valence electrons. The molecular formula is C21H30FN3O2. The fraction of sp³-hybridized carbons (Fsp3) is 0.619. The predicted octanol–water partition coefficient (Wildman–Crippen LogP) is 2.62. The van der Waals surface area contributed by atoms with Gasteiger partial charge in [0.2, 0.25) is 5.91 Å². The maximum Gasteiger partial charge on any atom is 0.253 e. The van der Waals surface area contributed by atoms with E-state index in [1.807, 2.05) is 23.8 Å². The normalized spacial score (nSPS) is 19.9. The van der Waals surface area contributed by atoms with Crippen LogP contribution in [0.15, 0.2) is 24.3 Å². The third-order valence-electron chi connectivity index (χ3n) is 6.04. The van der Waals surface area contributed by atoms with Crippen LogP contribution in [0.2, 0.25) is 0 Å². The molecule has 2 amide bonds. The first-order valence-electron chi connectivity index (χ1n) is 10.0. The molecule has 1 atom stereocenters. The van der Waals surface area contributed by atoms with Crippen LogP contribution in [-0.2, 0) is 4.79 Å². The molecule has 5 nitrogen and oxygen atoms in total. The van der Waals surface area contributed by atoms with Crippen LogP contribution in [0.1, 0.15) is 43.0 Å². The van der Waals surface area contributed by atoms with E-state index in [1.165, 1.54) is 37.1 Å². The molecule has 1 heterocycles. The maximum absolute atomic E-state index is 13.1. The molecule has 0 radical (unpaired) electrons. The van der Waals surface area contributed by atoms with Crippen molar-refractivity contribution >= 4 is 11.8 Å². The number of rotatable bonds is 5. The second kappa shape index (κ2) is 8.83. The summed E-state index contributed by atoms with van der Waals surface area (Å²) in [6, 6.07) is 5.63. The molecule has 27 heavy (non-hydrogen) atoms. The van der Waals surface area contributed by atoms with Crippen molar-refractivity contribution in [3.8, 4) is 0 Å². The maximum atomic E-state index is 13.1. The van der Waals surface area contributed by atoms with Gasteiger partial charge in [0.05, 0.1) is 6.04 Å². The van der Waals surface area contributed by atoms with Gasteiger partial charge in [-0.3, -0.25) is 14.5 Å². The minimum absolute atomic E-state index is 0.0657. The number of benzene rings is 1. The Labute approximate surface area is 161 Å². The standard InChI is InChI=1S/C21H30FN3O2/c1-3-23(2)21(27)19(16-6-4-5-7-16)24-12-14-25(15-13-24)20(26)17-8-10-18(22)11-9-17/h8-11,16,19H,3-7,12-15H2,1-2H3. The molecule has 6 heteroatoms. The molecule has 3 rings (SSSR count). The molecule has 0 N–H and O–H groups in total. The van der Waals surface area contributed by atoms with Gasteiger partial charge < -0.3 is 9.80 Å². The average molecular weight is 375 g/mol. The lowest BCUT2D eigenvalue weighted by molar-refractivity contribution is -0.138. The van der Waals surface area contributed by atoms with Crippen molar-refractivity contribution in [1.82, 2.24) is 14.7 Å². The highest BCUT2D eigenvalue weighted by molar-refractivity contribution is 5.94. The highest BCUT2D eigenvalue weighted by Crippen LogP contribution is 2.32. The summed E-state index contributed by atoms with van der Waals surface area (Å²) in [6.07, 6.45) is 4.63. The zero-order valence-electron chi connectivity index (χ0n) is 16.4. The van der Waals surface area contributed by atoms with E-state index < -0.39 is 0 Å². The second-order valence-electron chi connectivity index (χ2n) is 7.68. The molecule has 1 saturated carbocycles. The van der Waals surface area contributed by atoms with Crippen molar-refractivity contribution in [3.05, 3.63) is 35.6 Å². The quantitative estimate of drug-likeness (QED) is 0.795. The van der Waals surface area contributed by atoms with E-state index in [4.69, 9.17) is 0 Å². The van der Waals surface area contributed by atoms with Gasteiger partial charge in [0.1, 0.15) is 5.82 Å². The van der Waals surface area contributed by atoms with E-state index in [9.17, 15) is 14.0 Å². The Bertz CT molecular complexity index is 650. The Hall–Kier alpha value is -1.95. The summed E-state index contributed by atoms with van der Waals surface area (Å²) in [5.41, 5.74) is 0.513. The van der Waals surface area contributed by atoms with Crippen molar-refractivity contribution in [2.75, 3.05) is 39.8 Å². The molecule has 0 spiro atoms. The minimum Gasteiger partial charge on any atom is -0.345 e. The van der Waals surface area contributed by atoms with Crippen LogP contribution in [0.5, 0.6) is 0 Å². The molecule has 0 aromatic heterocycles. The van der Waals surface area contributed by atoms with E-state index >= 15 is 0 Å². The summed E-state index contributed by atoms with van der Waals surface area (Å²) in [5, 5.41) is 0. The molecule has 2 fully saturated rings. The van der Waals surface area contributed by atoms with Gasteiger partial charge in [0, 0.05) is 45.3 Å². The smallest absolute Gasteiger partial charge is 0.253 e. The van der Waals surface area contributed by atoms with Crippen molar-refractivity contribution in [1.29, 1.82) is 0 Å². The van der Waals surface area contributed by atoms with Crippen LogP contribution in [-0.4, -0.2) is 72.3 Å². The summed E-state index contributed by atoms with van der Waals surface area (Å²) in [5.74, 6) is 0.229. The Morgan fingerprint density at radius 2 is 1.70 bits per heavy atom. The molecule has 1 aromatic carbocycles. The zero-order chi connectivity index (χ0) is 19.4. The van der Waals surface area contributed by atoms with Gasteiger partial charge in [-0.25, -0.2) is 4.39 Å². The molecule has 1 aromatic rings. The van der Waals surface area contributed by atoms with Crippen molar-refractivity contribution < 1.29 is 14.0 Å². The molecule has 2 aliphatic rings. The van der Waals surface area contributed by atoms with Gasteiger partial charge in [-0.15, -0.1) is 0 Å². The molecule has 1 aliphatic heterocycles. The lowest BCUT2D eigenvalue weighted by Crippen LogP contribution is -2.58. The summed E-state index contributed by atoms with van der Waals surface area (Å²) >= 11 is 0. The summed E-state index contributed by atoms with van der Waals surface area (Å²) in [6.45, 7) is 5.33. The molecular weight excluding hydrogens is 345 g/mol. The van der Waals surface area contributed by atoms with Crippen molar-refractivity contribution in [3.63, 3.8) is 0 Å². The van der Waals surface area contributed by atoms with Crippen LogP contribution in [0.4, 0.5) is 4.39 Å². The highest BCUT2D eigenvalue weighted by Gasteiger charge is 2.38. The fourth-order valence-corrected chi connectivity index (χ4v) is 4.29. The lowest BCUT2D eigenvalue weighted by atomic mass is 9.94. The van der Waals surface area contributed by atoms with E-state index in [0.29, 0.717) is 44.2 Å². The number of piperazine rings is 1. The Morgan fingerprint density at radius 3 is 2.26 bits per heavy atom. The number of halogens is 1. The van der Waals surface area contributed by atoms with Crippen molar-refractivity contribution in [2.24, 2.45) is 5.92 Å². The van der Waals surface area contributed by atoms with Gasteiger partial charge in [0.15, 0.2) is 0 Å². The SMILES string of the molecule is CCN(C)C(=O)C(C1CCCC1)N1CCN(C(=O)c2ccc(F)cc2)CC1. The number of likely N-dealkylation sites (N-methyl/N-ethyl adjacent to an activating group) is 1. The first-order chi connectivity index (χ1) is 13.0. The van der Waals surface area contributed by atoms with E-state index in [2.05, 4.69) is 4.90 Å². The van der Waals surface area contributed by atoms with Crippen LogP contribution in [0, 0.1) is 11.7 Å². The first kappa shape index (κ1) is 19.8. The van der Waals surface area contributed by atoms with Crippen LogP contribution in [0.3, 0.4) is 0 Å². The Kier molecular flexibility index (Phi) is 6.47. The number of amides is 2. The van der Waals surface area contributed by atoms with Gasteiger partial charge in [0.25, 0.3) is 5.91 Å². The molecule has 1 aliphatic carbocycles. The minimum atomic E-state index is -0.339. The summed E-state index contributed by atoms with van der Waals surface area (Å²) in [4.78, 5) is 31.5. The largest absolute Gasteiger partial charge is 0.345 e. The second-order valence-corrected chi connectivity index (χ2v) is 7.68. The van der Waals surface area contributed by atoms with Gasteiger partial charge in [-0.05, 0) is 49.9 Å². The average Bonchev–Trinajstić information content (AvgIpc) is 3.22. The van der Waals surface area contributed by atoms with Gasteiger partial charge in [-0.2, -0.15) is 0 Å². The number of hydrogen-bond acceptors (Lipinski definition) is 3. The number of hydrogen-bond donors (Lipinski definition) is 0. The third kappa shape index (κ3) is 4.49. The number of carbonyl (C=O) groups excluding carboxylic acids is 2. The fourth-order valence-electron chi connectivity index (χ4n) is 4.29. The summed E-state index contributed by atoms with van der Waals surface area (Å²) in [7, 11) is 1.87. The number of carbonyl (C=O) groups is 2. The molecule has 1 saturated heterocycles. The van der Waals surface area contributed by atoms with E-state index in [0.717, 1.165) is 12.8 Å². The van der Waals surface area contributed by atoms with Gasteiger partial charge >= 0.3 is 0 Å².